The van der Waals surface area contributed by atoms with E-state index in [0.717, 1.165) is 27.6 Å². The molecule has 0 aliphatic carbocycles. The second-order valence-corrected chi connectivity index (χ2v) is 11.9. The van der Waals surface area contributed by atoms with Gasteiger partial charge in [-0.25, -0.2) is 9.79 Å². The number of aromatic nitrogens is 2. The van der Waals surface area contributed by atoms with Gasteiger partial charge < -0.3 is 14.0 Å². The number of nitrogens with zero attached hydrogens (tertiary/aromatic N) is 3. The highest BCUT2D eigenvalue weighted by molar-refractivity contribution is 7.07. The van der Waals surface area contributed by atoms with Gasteiger partial charge in [0.05, 0.1) is 35.6 Å². The van der Waals surface area contributed by atoms with Gasteiger partial charge in [0.1, 0.15) is 5.75 Å². The molecular weight excluding hydrogens is 605 g/mol. The minimum atomic E-state index is -0.697. The zero-order valence-electron chi connectivity index (χ0n) is 23.6. The molecule has 7 nitrogen and oxygen atoms in total. The molecule has 2 aromatic heterocycles. The number of hydrogen-bond acceptors (Lipinski definition) is 6. The molecular formula is C33H27Cl2N3O4S. The number of para-hydroxylation sites is 1. The van der Waals surface area contributed by atoms with E-state index in [-0.39, 0.29) is 12.2 Å². The minimum Gasteiger partial charge on any atom is -0.497 e. The van der Waals surface area contributed by atoms with Crippen molar-refractivity contribution in [3.8, 4) is 5.75 Å². The van der Waals surface area contributed by atoms with Crippen molar-refractivity contribution in [3.63, 3.8) is 0 Å². The maximum Gasteiger partial charge on any atom is 0.338 e. The van der Waals surface area contributed by atoms with Crippen LogP contribution in [0.2, 0.25) is 10.0 Å². The maximum atomic E-state index is 14.1. The number of ether oxygens (including phenoxy) is 2. The summed E-state index contributed by atoms with van der Waals surface area (Å²) >= 11 is 13.9. The number of halogens is 2. The van der Waals surface area contributed by atoms with E-state index in [1.54, 1.807) is 31.6 Å². The standard InChI is InChI=1S/C33H27Cl2N3O4S/c1-4-42-32(40)29-19(2)36-33-38(30(29)20-10-13-24(41-3)14-11-20)31(39)28(43-33)15-22-18-37(27-8-6-5-7-25(22)27)17-21-9-12-23(34)16-26(21)35/h5-16,18,30H,4,17H2,1-3H3/b28-15+/t30-/m1/s1. The average Bonchev–Trinajstić information content (AvgIpc) is 3.50. The molecule has 0 unspecified atom stereocenters. The predicted octanol–water partition coefficient (Wildman–Crippen LogP) is 6.12. The quantitative estimate of drug-likeness (QED) is 0.203. The summed E-state index contributed by atoms with van der Waals surface area (Å²) in [6.07, 6.45) is 3.91. The second-order valence-electron chi connectivity index (χ2n) is 10.0. The lowest BCUT2D eigenvalue weighted by atomic mass is 9.96. The maximum absolute atomic E-state index is 14.1. The van der Waals surface area contributed by atoms with E-state index in [1.165, 1.54) is 11.3 Å². The third-order valence-electron chi connectivity index (χ3n) is 7.41. The normalized spacial score (nSPS) is 15.0. The Kier molecular flexibility index (Phi) is 8.01. The fraction of sp³-hybridized carbons (Fsp3) is 0.182. The lowest BCUT2D eigenvalue weighted by Gasteiger charge is -2.24. The molecule has 1 aliphatic rings. The summed E-state index contributed by atoms with van der Waals surface area (Å²) in [5.74, 6) is 0.175. The van der Waals surface area contributed by atoms with E-state index in [9.17, 15) is 9.59 Å². The molecule has 6 rings (SSSR count). The van der Waals surface area contributed by atoms with Gasteiger partial charge in [-0.05, 0) is 61.4 Å². The Balaban J connectivity index is 1.50. The number of carbonyl (C=O) groups is 1. The van der Waals surface area contributed by atoms with Crippen molar-refractivity contribution in [2.24, 2.45) is 4.99 Å². The minimum absolute atomic E-state index is 0.209. The summed E-state index contributed by atoms with van der Waals surface area (Å²) in [5, 5.41) is 2.16. The number of fused-ring (bicyclic) bond motifs is 2. The first kappa shape index (κ1) is 29.0. The summed E-state index contributed by atoms with van der Waals surface area (Å²) in [6, 6.07) is 20.1. The lowest BCUT2D eigenvalue weighted by Crippen LogP contribution is -2.39. The summed E-state index contributed by atoms with van der Waals surface area (Å²) < 4.78 is 14.9. The molecule has 1 aliphatic heterocycles. The monoisotopic (exact) mass is 631 g/mol. The van der Waals surface area contributed by atoms with Gasteiger partial charge in [-0.15, -0.1) is 0 Å². The molecule has 0 saturated carbocycles. The molecule has 43 heavy (non-hydrogen) atoms. The van der Waals surface area contributed by atoms with Gasteiger partial charge in [-0.2, -0.15) is 0 Å². The first-order chi connectivity index (χ1) is 20.8. The average molecular weight is 633 g/mol. The van der Waals surface area contributed by atoms with Gasteiger partial charge in [0, 0.05) is 39.3 Å². The smallest absolute Gasteiger partial charge is 0.338 e. The summed E-state index contributed by atoms with van der Waals surface area (Å²) in [6.45, 7) is 4.27. The number of benzene rings is 3. The summed E-state index contributed by atoms with van der Waals surface area (Å²) in [7, 11) is 1.59. The topological polar surface area (TPSA) is 74.8 Å². The van der Waals surface area contributed by atoms with Crippen LogP contribution in [0.1, 0.15) is 36.6 Å². The molecule has 5 aromatic rings. The Morgan fingerprint density at radius 1 is 1.09 bits per heavy atom. The number of esters is 1. The first-order valence-corrected chi connectivity index (χ1v) is 15.2. The fourth-order valence-electron chi connectivity index (χ4n) is 5.39. The number of thiazole rings is 1. The van der Waals surface area contributed by atoms with Crippen LogP contribution in [-0.2, 0) is 16.1 Å². The molecule has 3 aromatic carbocycles. The first-order valence-electron chi connectivity index (χ1n) is 13.6. The van der Waals surface area contributed by atoms with Crippen molar-refractivity contribution < 1.29 is 14.3 Å². The molecule has 0 N–H and O–H groups in total. The van der Waals surface area contributed by atoms with E-state index in [1.807, 2.05) is 72.9 Å². The van der Waals surface area contributed by atoms with Gasteiger partial charge in [0.2, 0.25) is 0 Å². The summed E-state index contributed by atoms with van der Waals surface area (Å²) in [4.78, 5) is 32.5. The fourth-order valence-corrected chi connectivity index (χ4v) is 6.89. The summed E-state index contributed by atoms with van der Waals surface area (Å²) in [5.41, 5.74) is 4.18. The van der Waals surface area contributed by atoms with Crippen LogP contribution >= 0.6 is 34.5 Å². The number of hydrogen-bond donors (Lipinski definition) is 0. The van der Waals surface area contributed by atoms with Crippen LogP contribution in [0.3, 0.4) is 0 Å². The van der Waals surface area contributed by atoms with Crippen molar-refractivity contribution in [1.29, 1.82) is 0 Å². The molecule has 0 radical (unpaired) electrons. The van der Waals surface area contributed by atoms with E-state index < -0.39 is 12.0 Å². The van der Waals surface area contributed by atoms with Gasteiger partial charge in [-0.1, -0.05) is 70.9 Å². The highest BCUT2D eigenvalue weighted by Gasteiger charge is 2.33. The Hall–Kier alpha value is -4.11. The second kappa shape index (κ2) is 11.9. The van der Waals surface area contributed by atoms with Crippen LogP contribution in [0.15, 0.2) is 94.0 Å². The molecule has 3 heterocycles. The van der Waals surface area contributed by atoms with Gasteiger partial charge >= 0.3 is 5.97 Å². The third kappa shape index (κ3) is 5.42. The molecule has 1 atom stereocenters. The van der Waals surface area contributed by atoms with Crippen LogP contribution in [0, 0.1) is 0 Å². The molecule has 0 bridgehead atoms. The highest BCUT2D eigenvalue weighted by Crippen LogP contribution is 2.32. The molecule has 0 spiro atoms. The zero-order valence-corrected chi connectivity index (χ0v) is 26.0. The Morgan fingerprint density at radius 2 is 1.86 bits per heavy atom. The van der Waals surface area contributed by atoms with E-state index in [4.69, 9.17) is 32.7 Å². The Morgan fingerprint density at radius 3 is 2.58 bits per heavy atom. The molecule has 0 amide bonds. The van der Waals surface area contributed by atoms with Crippen LogP contribution in [-0.4, -0.2) is 28.8 Å². The van der Waals surface area contributed by atoms with Crippen molar-refractivity contribution >= 4 is 57.5 Å². The van der Waals surface area contributed by atoms with E-state index >= 15 is 0 Å². The predicted molar refractivity (Wildman–Crippen MR) is 171 cm³/mol. The highest BCUT2D eigenvalue weighted by atomic mass is 35.5. The molecule has 218 valence electrons. The number of methoxy groups -OCH3 is 1. The van der Waals surface area contributed by atoms with Crippen LogP contribution in [0.4, 0.5) is 0 Å². The van der Waals surface area contributed by atoms with Crippen molar-refractivity contribution in [2.75, 3.05) is 13.7 Å². The van der Waals surface area contributed by atoms with E-state index in [0.29, 0.717) is 42.9 Å². The van der Waals surface area contributed by atoms with Crippen LogP contribution in [0.5, 0.6) is 5.75 Å². The number of carbonyl (C=O) groups excluding carboxylic acids is 1. The third-order valence-corrected chi connectivity index (χ3v) is 8.98. The van der Waals surface area contributed by atoms with Crippen molar-refractivity contribution in [2.45, 2.75) is 26.4 Å². The molecule has 10 heteroatoms. The van der Waals surface area contributed by atoms with Crippen molar-refractivity contribution in [1.82, 2.24) is 9.13 Å². The lowest BCUT2D eigenvalue weighted by molar-refractivity contribution is -0.139. The molecule has 0 saturated heterocycles. The van der Waals surface area contributed by atoms with E-state index in [2.05, 4.69) is 9.56 Å². The molecule has 0 fully saturated rings. The SMILES string of the molecule is CCOC(=O)C1=C(C)N=c2s/c(=C/c3cn(Cc4ccc(Cl)cc4Cl)c4ccccc34)c(=O)n2[C@@H]1c1ccc(OC)cc1. The van der Waals surface area contributed by atoms with Gasteiger partial charge in [0.15, 0.2) is 4.80 Å². The number of allylic oxidation sites excluding steroid dienone is 1. The van der Waals surface area contributed by atoms with Gasteiger partial charge in [0.25, 0.3) is 5.56 Å². The Bertz CT molecular complexity index is 2090. The zero-order chi connectivity index (χ0) is 30.2. The Labute approximate surface area is 261 Å². The van der Waals surface area contributed by atoms with Crippen LogP contribution in [0.25, 0.3) is 17.0 Å². The van der Waals surface area contributed by atoms with Gasteiger partial charge in [-0.3, -0.25) is 9.36 Å². The van der Waals surface area contributed by atoms with Crippen molar-refractivity contribution in [3.05, 3.63) is 131 Å². The number of rotatable bonds is 7. The largest absolute Gasteiger partial charge is 0.497 e. The van der Waals surface area contributed by atoms with Crippen LogP contribution < -0.4 is 19.6 Å².